The lowest BCUT2D eigenvalue weighted by Gasteiger charge is -2.30. The Morgan fingerprint density at radius 1 is 1.19 bits per heavy atom. The normalized spacial score (nSPS) is 28.1. The number of hydrogen-bond acceptors (Lipinski definition) is 2. The first-order valence-corrected chi connectivity index (χ1v) is 7.60. The molecule has 0 spiro atoms. The predicted octanol–water partition coefficient (Wildman–Crippen LogP) is 2.58. The maximum Gasteiger partial charge on any atom is 0.232 e. The Bertz CT molecular complexity index is 503. The monoisotopic (exact) mass is 308 g/mol. The topological polar surface area (TPSA) is 46.3 Å². The van der Waals surface area contributed by atoms with E-state index in [4.69, 9.17) is 5.73 Å². The number of likely N-dealkylation sites (tertiary alicyclic amines) is 1. The molecule has 4 heteroatoms. The van der Waals surface area contributed by atoms with Crippen LogP contribution in [0.5, 0.6) is 0 Å². The van der Waals surface area contributed by atoms with Crippen LogP contribution in [0.25, 0.3) is 0 Å². The van der Waals surface area contributed by atoms with Gasteiger partial charge in [-0.1, -0.05) is 30.3 Å². The molecule has 3 nitrogen and oxygen atoms in total. The molecule has 1 aliphatic heterocycles. The summed E-state index contributed by atoms with van der Waals surface area (Å²) in [6, 6.07) is 10.4. The lowest BCUT2D eigenvalue weighted by atomic mass is 9.83. The summed E-state index contributed by atoms with van der Waals surface area (Å²) in [5, 5.41) is 0. The van der Waals surface area contributed by atoms with Crippen molar-refractivity contribution in [1.82, 2.24) is 4.90 Å². The number of nitrogens with two attached hydrogens (primary N) is 1. The van der Waals surface area contributed by atoms with Gasteiger partial charge >= 0.3 is 0 Å². The SMILES string of the molecule is CC(C)(C(=O)N1CC2CCC(N)C2C1)c1ccccc1.Cl. The maximum absolute atomic E-state index is 12.9. The minimum absolute atomic E-state index is 0. The van der Waals surface area contributed by atoms with E-state index >= 15 is 0 Å². The largest absolute Gasteiger partial charge is 0.341 e. The van der Waals surface area contributed by atoms with Gasteiger partial charge in [0, 0.05) is 19.1 Å². The molecule has 1 saturated heterocycles. The Morgan fingerprint density at radius 2 is 1.86 bits per heavy atom. The highest BCUT2D eigenvalue weighted by Crippen LogP contribution is 2.39. The van der Waals surface area contributed by atoms with E-state index in [0.717, 1.165) is 25.1 Å². The highest BCUT2D eigenvalue weighted by Gasteiger charge is 2.45. The van der Waals surface area contributed by atoms with Crippen molar-refractivity contribution in [2.24, 2.45) is 17.6 Å². The third-order valence-electron chi connectivity index (χ3n) is 5.23. The number of hydrogen-bond donors (Lipinski definition) is 1. The van der Waals surface area contributed by atoms with Crippen molar-refractivity contribution in [3.8, 4) is 0 Å². The van der Waals surface area contributed by atoms with Gasteiger partial charge in [-0.2, -0.15) is 0 Å². The average molecular weight is 309 g/mol. The van der Waals surface area contributed by atoms with Crippen LogP contribution in [0.15, 0.2) is 30.3 Å². The van der Waals surface area contributed by atoms with Gasteiger partial charge in [0.1, 0.15) is 0 Å². The number of nitrogens with zero attached hydrogens (tertiary/aromatic N) is 1. The van der Waals surface area contributed by atoms with Crippen molar-refractivity contribution in [2.75, 3.05) is 13.1 Å². The summed E-state index contributed by atoms with van der Waals surface area (Å²) in [4.78, 5) is 14.9. The molecule has 1 saturated carbocycles. The van der Waals surface area contributed by atoms with Gasteiger partial charge in [-0.15, -0.1) is 12.4 Å². The number of carbonyl (C=O) groups excluding carboxylic acids is 1. The average Bonchev–Trinajstić information content (AvgIpc) is 3.01. The number of fused-ring (bicyclic) bond motifs is 1. The minimum atomic E-state index is -0.454. The van der Waals surface area contributed by atoms with Gasteiger partial charge in [0.05, 0.1) is 5.41 Å². The number of amides is 1. The van der Waals surface area contributed by atoms with E-state index in [1.54, 1.807) is 0 Å². The first kappa shape index (κ1) is 16.3. The van der Waals surface area contributed by atoms with Crippen LogP contribution in [0.3, 0.4) is 0 Å². The van der Waals surface area contributed by atoms with Gasteiger partial charge in [-0.25, -0.2) is 0 Å². The van der Waals surface area contributed by atoms with E-state index in [-0.39, 0.29) is 24.4 Å². The molecule has 2 aliphatic rings. The molecule has 0 bridgehead atoms. The van der Waals surface area contributed by atoms with E-state index in [9.17, 15) is 4.79 Å². The molecule has 2 N–H and O–H groups in total. The van der Waals surface area contributed by atoms with Crippen LogP contribution in [0, 0.1) is 11.8 Å². The molecule has 1 heterocycles. The van der Waals surface area contributed by atoms with Gasteiger partial charge in [-0.05, 0) is 44.1 Å². The standard InChI is InChI=1S/C17H24N2O.ClH/c1-17(2,13-6-4-3-5-7-13)16(20)19-10-12-8-9-15(18)14(12)11-19;/h3-7,12,14-15H,8-11,18H2,1-2H3;1H. The summed E-state index contributed by atoms with van der Waals surface area (Å²) in [5.74, 6) is 1.39. The van der Waals surface area contributed by atoms with E-state index in [0.29, 0.717) is 11.8 Å². The van der Waals surface area contributed by atoms with Crippen LogP contribution < -0.4 is 5.73 Å². The molecule has 3 rings (SSSR count). The fourth-order valence-corrected chi connectivity index (χ4v) is 3.85. The second-order valence-corrected chi connectivity index (χ2v) is 6.87. The first-order valence-electron chi connectivity index (χ1n) is 7.60. The Labute approximate surface area is 133 Å². The zero-order valence-corrected chi connectivity index (χ0v) is 13.6. The summed E-state index contributed by atoms with van der Waals surface area (Å²) in [6.45, 7) is 5.80. The van der Waals surface area contributed by atoms with Crippen LogP contribution in [-0.4, -0.2) is 29.9 Å². The lowest BCUT2D eigenvalue weighted by Crippen LogP contribution is -2.43. The van der Waals surface area contributed by atoms with E-state index < -0.39 is 5.41 Å². The van der Waals surface area contributed by atoms with Gasteiger partial charge < -0.3 is 10.6 Å². The Kier molecular flexibility index (Phi) is 4.64. The van der Waals surface area contributed by atoms with Crippen LogP contribution in [0.2, 0.25) is 0 Å². The molecule has 1 aromatic carbocycles. The third kappa shape index (κ3) is 2.82. The molecule has 1 aromatic rings. The number of rotatable bonds is 2. The summed E-state index contributed by atoms with van der Waals surface area (Å²) < 4.78 is 0. The van der Waals surface area contributed by atoms with Crippen LogP contribution in [-0.2, 0) is 10.2 Å². The minimum Gasteiger partial charge on any atom is -0.341 e. The number of carbonyl (C=O) groups is 1. The molecule has 116 valence electrons. The molecule has 3 atom stereocenters. The molecule has 0 aromatic heterocycles. The summed E-state index contributed by atoms with van der Waals surface area (Å²) >= 11 is 0. The molecule has 3 unspecified atom stereocenters. The van der Waals surface area contributed by atoms with Crippen molar-refractivity contribution >= 4 is 18.3 Å². The zero-order valence-electron chi connectivity index (χ0n) is 12.8. The molecule has 21 heavy (non-hydrogen) atoms. The Balaban J connectivity index is 0.00000161. The fraction of sp³-hybridized carbons (Fsp3) is 0.588. The van der Waals surface area contributed by atoms with E-state index in [1.807, 2.05) is 49.1 Å². The molecule has 2 fully saturated rings. The van der Waals surface area contributed by atoms with Crippen LogP contribution in [0.1, 0.15) is 32.3 Å². The number of halogens is 1. The zero-order chi connectivity index (χ0) is 14.3. The smallest absolute Gasteiger partial charge is 0.232 e. The third-order valence-corrected chi connectivity index (χ3v) is 5.23. The molecule has 1 amide bonds. The van der Waals surface area contributed by atoms with Crippen molar-refractivity contribution in [3.05, 3.63) is 35.9 Å². The second kappa shape index (κ2) is 5.98. The second-order valence-electron chi connectivity index (χ2n) is 6.87. The van der Waals surface area contributed by atoms with Crippen molar-refractivity contribution < 1.29 is 4.79 Å². The highest BCUT2D eigenvalue weighted by molar-refractivity contribution is 5.87. The molecule has 0 radical (unpaired) electrons. The first-order chi connectivity index (χ1) is 9.50. The lowest BCUT2D eigenvalue weighted by molar-refractivity contribution is -0.135. The summed E-state index contributed by atoms with van der Waals surface area (Å²) in [6.07, 6.45) is 2.31. The van der Waals surface area contributed by atoms with Gasteiger partial charge in [0.25, 0.3) is 0 Å². The van der Waals surface area contributed by atoms with E-state index in [2.05, 4.69) is 0 Å². The summed E-state index contributed by atoms with van der Waals surface area (Å²) in [7, 11) is 0. The predicted molar refractivity (Wildman–Crippen MR) is 87.5 cm³/mol. The highest BCUT2D eigenvalue weighted by atomic mass is 35.5. The van der Waals surface area contributed by atoms with E-state index in [1.165, 1.54) is 6.42 Å². The molecular formula is C17H25ClN2O. The summed E-state index contributed by atoms with van der Waals surface area (Å²) in [5.41, 5.74) is 6.80. The van der Waals surface area contributed by atoms with Crippen molar-refractivity contribution in [1.29, 1.82) is 0 Å². The number of benzene rings is 1. The van der Waals surface area contributed by atoms with Gasteiger partial charge in [-0.3, -0.25) is 4.79 Å². The van der Waals surface area contributed by atoms with Gasteiger partial charge in [0.2, 0.25) is 5.91 Å². The Morgan fingerprint density at radius 3 is 2.48 bits per heavy atom. The fourth-order valence-electron chi connectivity index (χ4n) is 3.85. The molecule has 1 aliphatic carbocycles. The molecular weight excluding hydrogens is 284 g/mol. The van der Waals surface area contributed by atoms with Crippen molar-refractivity contribution in [2.45, 2.75) is 38.1 Å². The maximum atomic E-state index is 12.9. The van der Waals surface area contributed by atoms with Crippen molar-refractivity contribution in [3.63, 3.8) is 0 Å². The quantitative estimate of drug-likeness (QED) is 0.913. The Hall–Kier alpha value is -1.06. The van der Waals surface area contributed by atoms with Gasteiger partial charge in [0.15, 0.2) is 0 Å². The van der Waals surface area contributed by atoms with Crippen LogP contribution >= 0.6 is 12.4 Å². The van der Waals surface area contributed by atoms with Crippen LogP contribution in [0.4, 0.5) is 0 Å².